The molecular weight excluding hydrogens is 370 g/mol. The maximum absolute atomic E-state index is 11.5. The maximum Gasteiger partial charge on any atom is 0.229 e. The van der Waals surface area contributed by atoms with Gasteiger partial charge in [0.25, 0.3) is 0 Å². The smallest absolute Gasteiger partial charge is 0.229 e. The minimum Gasteiger partial charge on any atom is -0.299 e. The van der Waals surface area contributed by atoms with Crippen LogP contribution in [0.2, 0.25) is 0 Å². The van der Waals surface area contributed by atoms with Crippen LogP contribution >= 0.6 is 0 Å². The summed E-state index contributed by atoms with van der Waals surface area (Å²) in [5.41, 5.74) is 4.07. The molecule has 4 rings (SSSR count). The number of nitrogens with one attached hydrogen (secondary N) is 1. The standard InChI is InChI=1S/C22H27N3O2S/c1-16-7-4-9-18(23-16)11-6-12-25-14-20-21(15-25)22(20,2)17-8-5-10-19(13-17)24-28(3,26)27/h4-11,13,20-21,24H,12,14-15H2,1-3H3. The highest BCUT2D eigenvalue weighted by atomic mass is 32.2. The highest BCUT2D eigenvalue weighted by molar-refractivity contribution is 7.92. The molecule has 148 valence electrons. The Hall–Kier alpha value is -2.18. The number of aryl methyl sites for hydroxylation is 1. The highest BCUT2D eigenvalue weighted by Gasteiger charge is 2.65. The van der Waals surface area contributed by atoms with Gasteiger partial charge in [-0.05, 0) is 54.7 Å². The summed E-state index contributed by atoms with van der Waals surface area (Å²) in [7, 11) is -3.25. The van der Waals surface area contributed by atoms with E-state index in [0.29, 0.717) is 17.5 Å². The van der Waals surface area contributed by atoms with Gasteiger partial charge < -0.3 is 0 Å². The van der Waals surface area contributed by atoms with Crippen LogP contribution < -0.4 is 4.72 Å². The number of hydrogen-bond acceptors (Lipinski definition) is 4. The van der Waals surface area contributed by atoms with Crippen molar-refractivity contribution in [2.45, 2.75) is 19.3 Å². The zero-order valence-corrected chi connectivity index (χ0v) is 17.4. The maximum atomic E-state index is 11.5. The number of benzene rings is 1. The number of fused-ring (bicyclic) bond motifs is 1. The summed E-state index contributed by atoms with van der Waals surface area (Å²) < 4.78 is 25.6. The fourth-order valence-electron chi connectivity index (χ4n) is 4.65. The van der Waals surface area contributed by atoms with Gasteiger partial charge in [-0.15, -0.1) is 0 Å². The molecular formula is C22H27N3O2S. The Labute approximate surface area is 167 Å². The van der Waals surface area contributed by atoms with Crippen molar-refractivity contribution in [1.29, 1.82) is 0 Å². The number of aromatic nitrogens is 1. The normalized spacial score (nSPS) is 27.1. The van der Waals surface area contributed by atoms with Crippen molar-refractivity contribution in [2.75, 3.05) is 30.6 Å². The minimum atomic E-state index is -3.25. The van der Waals surface area contributed by atoms with E-state index in [1.807, 2.05) is 43.3 Å². The van der Waals surface area contributed by atoms with Crippen LogP contribution in [0, 0.1) is 18.8 Å². The average molecular weight is 398 g/mol. The molecule has 28 heavy (non-hydrogen) atoms. The number of nitrogens with zero attached hydrogens (tertiary/aromatic N) is 2. The molecule has 6 heteroatoms. The lowest BCUT2D eigenvalue weighted by Crippen LogP contribution is -2.29. The first-order chi connectivity index (χ1) is 13.3. The lowest BCUT2D eigenvalue weighted by atomic mass is 9.92. The molecule has 1 saturated heterocycles. The van der Waals surface area contributed by atoms with E-state index < -0.39 is 10.0 Å². The summed E-state index contributed by atoms with van der Waals surface area (Å²) in [5, 5.41) is 0. The fraction of sp³-hybridized carbons (Fsp3) is 0.409. The molecule has 1 aromatic carbocycles. The molecule has 1 aliphatic heterocycles. The minimum absolute atomic E-state index is 0.146. The van der Waals surface area contributed by atoms with Crippen LogP contribution in [0.4, 0.5) is 5.69 Å². The highest BCUT2D eigenvalue weighted by Crippen LogP contribution is 2.63. The molecule has 0 bridgehead atoms. The summed E-state index contributed by atoms with van der Waals surface area (Å²) in [6.45, 7) is 7.42. The lowest BCUT2D eigenvalue weighted by Gasteiger charge is -2.23. The molecule has 0 amide bonds. The van der Waals surface area contributed by atoms with Crippen molar-refractivity contribution in [2.24, 2.45) is 11.8 Å². The van der Waals surface area contributed by atoms with Gasteiger partial charge in [-0.2, -0.15) is 0 Å². The average Bonchev–Trinajstić information content (AvgIpc) is 2.98. The van der Waals surface area contributed by atoms with Gasteiger partial charge in [0.1, 0.15) is 0 Å². The van der Waals surface area contributed by atoms with Gasteiger partial charge in [-0.1, -0.05) is 31.2 Å². The van der Waals surface area contributed by atoms with Crippen LogP contribution in [0.5, 0.6) is 0 Å². The summed E-state index contributed by atoms with van der Waals surface area (Å²) in [5.74, 6) is 1.26. The molecule has 1 aromatic heterocycles. The van der Waals surface area contributed by atoms with Crippen molar-refractivity contribution in [3.63, 3.8) is 0 Å². The molecule has 1 aliphatic carbocycles. The van der Waals surface area contributed by atoms with Crippen LogP contribution in [-0.2, 0) is 15.4 Å². The monoisotopic (exact) mass is 397 g/mol. The second-order valence-electron chi connectivity index (χ2n) is 8.28. The summed E-state index contributed by atoms with van der Waals surface area (Å²) >= 11 is 0. The van der Waals surface area contributed by atoms with Gasteiger partial charge in [0.15, 0.2) is 0 Å². The first-order valence-electron chi connectivity index (χ1n) is 9.66. The molecule has 2 aliphatic rings. The van der Waals surface area contributed by atoms with E-state index in [0.717, 1.165) is 31.0 Å². The number of hydrogen-bond donors (Lipinski definition) is 1. The van der Waals surface area contributed by atoms with Crippen molar-refractivity contribution < 1.29 is 8.42 Å². The fourth-order valence-corrected chi connectivity index (χ4v) is 5.21. The van der Waals surface area contributed by atoms with E-state index in [1.165, 1.54) is 11.8 Å². The van der Waals surface area contributed by atoms with Gasteiger partial charge in [0.2, 0.25) is 10.0 Å². The van der Waals surface area contributed by atoms with Crippen molar-refractivity contribution in [3.05, 3.63) is 65.5 Å². The van der Waals surface area contributed by atoms with Crippen molar-refractivity contribution >= 4 is 21.8 Å². The third kappa shape index (κ3) is 3.84. The predicted molar refractivity (Wildman–Crippen MR) is 114 cm³/mol. The number of sulfonamides is 1. The first kappa shape index (κ1) is 19.2. The zero-order chi connectivity index (χ0) is 19.9. The quantitative estimate of drug-likeness (QED) is 0.812. The van der Waals surface area contributed by atoms with Gasteiger partial charge in [-0.25, -0.2) is 8.42 Å². The van der Waals surface area contributed by atoms with E-state index in [9.17, 15) is 8.42 Å². The Morgan fingerprint density at radius 3 is 2.61 bits per heavy atom. The van der Waals surface area contributed by atoms with E-state index in [1.54, 1.807) is 0 Å². The second-order valence-corrected chi connectivity index (χ2v) is 10.0. The number of likely N-dealkylation sites (tertiary alicyclic amines) is 1. The molecule has 5 nitrogen and oxygen atoms in total. The summed E-state index contributed by atoms with van der Waals surface area (Å²) in [4.78, 5) is 6.99. The third-order valence-electron chi connectivity index (χ3n) is 6.18. The van der Waals surface area contributed by atoms with Gasteiger partial charge in [0.05, 0.1) is 11.9 Å². The second kappa shape index (κ2) is 7.01. The van der Waals surface area contributed by atoms with E-state index in [-0.39, 0.29) is 5.41 Å². The molecule has 1 saturated carbocycles. The summed E-state index contributed by atoms with van der Waals surface area (Å²) in [6, 6.07) is 13.9. The number of pyridine rings is 1. The first-order valence-corrected chi connectivity index (χ1v) is 11.6. The summed E-state index contributed by atoms with van der Waals surface area (Å²) in [6.07, 6.45) is 5.47. The van der Waals surface area contributed by atoms with E-state index in [2.05, 4.69) is 39.7 Å². The third-order valence-corrected chi connectivity index (χ3v) is 6.78. The number of rotatable bonds is 6. The van der Waals surface area contributed by atoms with Crippen LogP contribution in [0.25, 0.3) is 6.08 Å². The molecule has 2 heterocycles. The largest absolute Gasteiger partial charge is 0.299 e. The number of piperidine rings is 1. The van der Waals surface area contributed by atoms with Crippen LogP contribution in [0.3, 0.4) is 0 Å². The topological polar surface area (TPSA) is 62.3 Å². The Balaban J connectivity index is 1.37. The molecule has 2 unspecified atom stereocenters. The van der Waals surface area contributed by atoms with Crippen molar-refractivity contribution in [1.82, 2.24) is 9.88 Å². The Bertz CT molecular complexity index is 1000. The predicted octanol–water partition coefficient (Wildman–Crippen LogP) is 3.29. The van der Waals surface area contributed by atoms with Crippen LogP contribution in [-0.4, -0.2) is 44.2 Å². The van der Waals surface area contributed by atoms with Crippen LogP contribution in [0.15, 0.2) is 48.5 Å². The van der Waals surface area contributed by atoms with E-state index in [4.69, 9.17) is 0 Å². The van der Waals surface area contributed by atoms with Gasteiger partial charge in [0, 0.05) is 36.4 Å². The molecule has 2 atom stereocenters. The number of anilines is 1. The van der Waals surface area contributed by atoms with Crippen LogP contribution in [0.1, 0.15) is 23.9 Å². The van der Waals surface area contributed by atoms with Crippen molar-refractivity contribution in [3.8, 4) is 0 Å². The van der Waals surface area contributed by atoms with E-state index >= 15 is 0 Å². The Kier molecular flexibility index (Phi) is 4.79. The molecule has 0 radical (unpaired) electrons. The Morgan fingerprint density at radius 2 is 1.93 bits per heavy atom. The lowest BCUT2D eigenvalue weighted by molar-refractivity contribution is 0.305. The zero-order valence-electron chi connectivity index (χ0n) is 16.6. The molecule has 2 fully saturated rings. The SMILES string of the molecule is Cc1cccc(C=CCN2CC3C(C2)C3(C)c2cccc(NS(C)(=O)=O)c2)n1. The van der Waals surface area contributed by atoms with Gasteiger partial charge >= 0.3 is 0 Å². The molecule has 2 aromatic rings. The van der Waals surface area contributed by atoms with Gasteiger partial charge in [-0.3, -0.25) is 14.6 Å². The molecule has 1 N–H and O–H groups in total. The molecule has 0 spiro atoms. The Morgan fingerprint density at radius 1 is 1.21 bits per heavy atom.